The Morgan fingerprint density at radius 1 is 1.32 bits per heavy atom. The van der Waals surface area contributed by atoms with Crippen LogP contribution in [0.5, 0.6) is 0 Å². The zero-order valence-corrected chi connectivity index (χ0v) is 15.9. The number of rotatable bonds is 4. The molecule has 0 aromatic carbocycles. The molecule has 1 N–H and O–H groups in total. The van der Waals surface area contributed by atoms with E-state index in [-0.39, 0.29) is 5.91 Å². The maximum Gasteiger partial charge on any atom is 0.267 e. The third-order valence-corrected chi connectivity index (χ3v) is 6.70. The number of likely N-dealkylation sites (tertiary alicyclic amines) is 1. The Hall–Kier alpha value is -1.66. The standard InChI is InChI=1S/C19H26N4OS/c1-20-19(24)16-10-9-14(22(16)2)15-7-3-4-11-23(15)12-18-21-13-6-5-8-17(13)25-18/h9-10,15H,3-8,11-12H2,1-2H3,(H,20,24). The smallest absolute Gasteiger partial charge is 0.267 e. The topological polar surface area (TPSA) is 50.2 Å². The number of hydrogen-bond acceptors (Lipinski definition) is 4. The Morgan fingerprint density at radius 2 is 2.20 bits per heavy atom. The second-order valence-electron chi connectivity index (χ2n) is 7.09. The van der Waals surface area contributed by atoms with Gasteiger partial charge in [0.15, 0.2) is 0 Å². The lowest BCUT2D eigenvalue weighted by Crippen LogP contribution is -2.34. The first-order valence-corrected chi connectivity index (χ1v) is 10.1. The molecule has 5 nitrogen and oxygen atoms in total. The number of amides is 1. The molecule has 0 saturated carbocycles. The highest BCUT2D eigenvalue weighted by atomic mass is 32.1. The summed E-state index contributed by atoms with van der Waals surface area (Å²) < 4.78 is 2.06. The van der Waals surface area contributed by atoms with Crippen molar-refractivity contribution in [3.05, 3.63) is 39.1 Å². The monoisotopic (exact) mass is 358 g/mol. The van der Waals surface area contributed by atoms with E-state index >= 15 is 0 Å². The van der Waals surface area contributed by atoms with Crippen LogP contribution in [0.2, 0.25) is 0 Å². The van der Waals surface area contributed by atoms with Gasteiger partial charge in [-0.15, -0.1) is 11.3 Å². The fourth-order valence-corrected chi connectivity index (χ4v) is 5.40. The number of fused-ring (bicyclic) bond motifs is 1. The van der Waals surface area contributed by atoms with E-state index in [9.17, 15) is 4.79 Å². The highest BCUT2D eigenvalue weighted by Gasteiger charge is 2.28. The molecule has 0 radical (unpaired) electrons. The van der Waals surface area contributed by atoms with Crippen molar-refractivity contribution < 1.29 is 4.79 Å². The average molecular weight is 359 g/mol. The Labute approximate surface area is 153 Å². The van der Waals surface area contributed by atoms with Crippen LogP contribution in [0.1, 0.15) is 63.5 Å². The molecule has 134 valence electrons. The van der Waals surface area contributed by atoms with E-state index in [2.05, 4.69) is 20.9 Å². The van der Waals surface area contributed by atoms with E-state index in [1.165, 1.54) is 47.0 Å². The molecule has 1 aliphatic heterocycles. The van der Waals surface area contributed by atoms with Gasteiger partial charge in [-0.3, -0.25) is 9.69 Å². The molecule has 1 saturated heterocycles. The van der Waals surface area contributed by atoms with Gasteiger partial charge < -0.3 is 9.88 Å². The molecule has 1 amide bonds. The Kier molecular flexibility index (Phi) is 4.65. The van der Waals surface area contributed by atoms with Crippen molar-refractivity contribution in [1.29, 1.82) is 0 Å². The molecule has 1 fully saturated rings. The van der Waals surface area contributed by atoms with E-state index in [1.54, 1.807) is 7.05 Å². The van der Waals surface area contributed by atoms with Crippen molar-refractivity contribution in [2.75, 3.05) is 13.6 Å². The Morgan fingerprint density at radius 3 is 3.00 bits per heavy atom. The quantitative estimate of drug-likeness (QED) is 0.914. The predicted molar refractivity (Wildman–Crippen MR) is 99.9 cm³/mol. The van der Waals surface area contributed by atoms with Gasteiger partial charge in [-0.2, -0.15) is 0 Å². The predicted octanol–water partition coefficient (Wildman–Crippen LogP) is 3.06. The van der Waals surface area contributed by atoms with E-state index in [0.717, 1.165) is 31.6 Å². The van der Waals surface area contributed by atoms with Gasteiger partial charge in [0.1, 0.15) is 10.7 Å². The number of nitrogens with zero attached hydrogens (tertiary/aromatic N) is 3. The zero-order valence-electron chi connectivity index (χ0n) is 15.0. The molecule has 2 aromatic rings. The summed E-state index contributed by atoms with van der Waals surface area (Å²) in [6, 6.07) is 4.43. The first-order chi connectivity index (χ1) is 12.2. The van der Waals surface area contributed by atoms with Crippen molar-refractivity contribution >= 4 is 17.2 Å². The minimum Gasteiger partial charge on any atom is -0.354 e. The Balaban J connectivity index is 1.56. The highest BCUT2D eigenvalue weighted by Crippen LogP contribution is 2.35. The van der Waals surface area contributed by atoms with Crippen LogP contribution >= 0.6 is 11.3 Å². The van der Waals surface area contributed by atoms with Gasteiger partial charge in [0, 0.05) is 24.7 Å². The minimum atomic E-state index is -0.0209. The summed E-state index contributed by atoms with van der Waals surface area (Å²) in [7, 11) is 3.69. The number of nitrogens with one attached hydrogen (secondary N) is 1. The maximum atomic E-state index is 12.0. The number of carbonyl (C=O) groups is 1. The molecular weight excluding hydrogens is 332 g/mol. The molecule has 6 heteroatoms. The number of thiazole rings is 1. The number of aromatic nitrogens is 2. The second-order valence-corrected chi connectivity index (χ2v) is 8.26. The Bertz CT molecular complexity index is 757. The number of piperidine rings is 1. The summed E-state index contributed by atoms with van der Waals surface area (Å²) in [5, 5.41) is 3.99. The van der Waals surface area contributed by atoms with Crippen molar-refractivity contribution in [1.82, 2.24) is 19.8 Å². The van der Waals surface area contributed by atoms with Gasteiger partial charge in [0.2, 0.25) is 0 Å². The summed E-state index contributed by atoms with van der Waals surface area (Å²) in [5.41, 5.74) is 3.31. The molecule has 1 aliphatic carbocycles. The van der Waals surface area contributed by atoms with Crippen LogP contribution in [-0.4, -0.2) is 34.0 Å². The number of hydrogen-bond donors (Lipinski definition) is 1. The molecule has 0 spiro atoms. The molecule has 3 heterocycles. The molecule has 4 rings (SSSR count). The highest BCUT2D eigenvalue weighted by molar-refractivity contribution is 7.11. The van der Waals surface area contributed by atoms with Crippen LogP contribution in [0.4, 0.5) is 0 Å². The third-order valence-electron chi connectivity index (χ3n) is 5.55. The van der Waals surface area contributed by atoms with Crippen molar-refractivity contribution in [2.24, 2.45) is 7.05 Å². The zero-order chi connectivity index (χ0) is 17.4. The molecule has 1 atom stereocenters. The van der Waals surface area contributed by atoms with E-state index in [1.807, 2.05) is 24.5 Å². The maximum absolute atomic E-state index is 12.0. The van der Waals surface area contributed by atoms with Crippen LogP contribution < -0.4 is 5.32 Å². The fourth-order valence-electron chi connectivity index (χ4n) is 4.22. The van der Waals surface area contributed by atoms with E-state index < -0.39 is 0 Å². The summed E-state index contributed by atoms with van der Waals surface area (Å²) >= 11 is 1.91. The van der Waals surface area contributed by atoms with Gasteiger partial charge >= 0.3 is 0 Å². The van der Waals surface area contributed by atoms with E-state index in [0.29, 0.717) is 6.04 Å². The normalized spacial score (nSPS) is 20.6. The van der Waals surface area contributed by atoms with Crippen LogP contribution in [-0.2, 0) is 26.4 Å². The molecule has 2 aromatic heterocycles. The molecule has 2 aliphatic rings. The van der Waals surface area contributed by atoms with Crippen LogP contribution in [0, 0.1) is 0 Å². The first kappa shape index (κ1) is 16.8. The van der Waals surface area contributed by atoms with Gasteiger partial charge in [0.05, 0.1) is 18.3 Å². The minimum absolute atomic E-state index is 0.0209. The van der Waals surface area contributed by atoms with Crippen molar-refractivity contribution in [3.8, 4) is 0 Å². The van der Waals surface area contributed by atoms with Crippen LogP contribution in [0.25, 0.3) is 0 Å². The summed E-state index contributed by atoms with van der Waals surface area (Å²) in [6.07, 6.45) is 7.28. The molecular formula is C19H26N4OS. The van der Waals surface area contributed by atoms with Gasteiger partial charge in [-0.1, -0.05) is 6.42 Å². The van der Waals surface area contributed by atoms with Crippen LogP contribution in [0.15, 0.2) is 12.1 Å². The molecule has 0 bridgehead atoms. The lowest BCUT2D eigenvalue weighted by atomic mass is 9.99. The van der Waals surface area contributed by atoms with Gasteiger partial charge in [-0.05, 0) is 50.8 Å². The van der Waals surface area contributed by atoms with Gasteiger partial charge in [-0.25, -0.2) is 4.98 Å². The summed E-state index contributed by atoms with van der Waals surface area (Å²) in [5.74, 6) is -0.0209. The van der Waals surface area contributed by atoms with Crippen molar-refractivity contribution in [3.63, 3.8) is 0 Å². The second kappa shape index (κ2) is 6.92. The van der Waals surface area contributed by atoms with Crippen molar-refractivity contribution in [2.45, 2.75) is 51.1 Å². The fraction of sp³-hybridized carbons (Fsp3) is 0.579. The van der Waals surface area contributed by atoms with E-state index in [4.69, 9.17) is 4.98 Å². The average Bonchev–Trinajstić information content (AvgIpc) is 3.30. The van der Waals surface area contributed by atoms with Gasteiger partial charge in [0.25, 0.3) is 5.91 Å². The molecule has 1 unspecified atom stereocenters. The number of carbonyl (C=O) groups excluding carboxylic acids is 1. The van der Waals surface area contributed by atoms with Crippen LogP contribution in [0.3, 0.4) is 0 Å². The lowest BCUT2D eigenvalue weighted by molar-refractivity contribution is 0.0952. The lowest BCUT2D eigenvalue weighted by Gasteiger charge is -2.35. The SMILES string of the molecule is CNC(=O)c1ccc(C2CCCCN2Cc2nc3c(s2)CCC3)n1C. The largest absolute Gasteiger partial charge is 0.354 e. The summed E-state index contributed by atoms with van der Waals surface area (Å²) in [6.45, 7) is 2.04. The number of aryl methyl sites for hydroxylation is 2. The molecule has 25 heavy (non-hydrogen) atoms. The first-order valence-electron chi connectivity index (χ1n) is 9.26. The summed E-state index contributed by atoms with van der Waals surface area (Å²) in [4.78, 5) is 21.0. The third kappa shape index (κ3) is 3.13.